The van der Waals surface area contributed by atoms with Crippen molar-refractivity contribution in [2.24, 2.45) is 17.6 Å². The first kappa shape index (κ1) is 16.1. The Labute approximate surface area is 144 Å². The van der Waals surface area contributed by atoms with Crippen LogP contribution in [-0.4, -0.2) is 37.0 Å². The molecule has 24 heavy (non-hydrogen) atoms. The molecule has 2 N–H and O–H groups in total. The number of primary amides is 1. The minimum atomic E-state index is -0.361. The highest BCUT2D eigenvalue weighted by molar-refractivity contribution is 5.92. The van der Waals surface area contributed by atoms with E-state index in [0.717, 1.165) is 24.7 Å². The van der Waals surface area contributed by atoms with E-state index < -0.39 is 0 Å². The Balaban J connectivity index is 1.70. The highest BCUT2D eigenvalue weighted by Crippen LogP contribution is 2.52. The van der Waals surface area contributed by atoms with Crippen molar-refractivity contribution < 1.29 is 9.53 Å². The molecule has 1 aliphatic heterocycles. The summed E-state index contributed by atoms with van der Waals surface area (Å²) in [5.41, 5.74) is 6.98. The Hall–Kier alpha value is -1.39. The van der Waals surface area contributed by atoms with Gasteiger partial charge in [-0.3, -0.25) is 9.69 Å². The van der Waals surface area contributed by atoms with Crippen LogP contribution in [0.3, 0.4) is 0 Å². The lowest BCUT2D eigenvalue weighted by Gasteiger charge is -2.57. The molecule has 4 rings (SSSR count). The van der Waals surface area contributed by atoms with E-state index in [-0.39, 0.29) is 11.5 Å². The number of carbonyl (C=O) groups excluding carboxylic acids is 1. The SMILES string of the molecule is COC1(c2cccc(C(N)=O)c2)[C@@H]2CCC[C@H]1CN(C1CCC1)C2. The maximum atomic E-state index is 11.6. The fourth-order valence-electron chi connectivity index (χ4n) is 5.36. The van der Waals surface area contributed by atoms with Gasteiger partial charge in [-0.2, -0.15) is 0 Å². The zero-order chi connectivity index (χ0) is 16.7. The van der Waals surface area contributed by atoms with Crippen LogP contribution in [0.4, 0.5) is 0 Å². The quantitative estimate of drug-likeness (QED) is 0.924. The number of carbonyl (C=O) groups is 1. The minimum Gasteiger partial charge on any atom is -0.373 e. The van der Waals surface area contributed by atoms with Gasteiger partial charge in [-0.25, -0.2) is 0 Å². The Bertz CT molecular complexity index is 612. The first-order valence-electron chi connectivity index (χ1n) is 9.34. The van der Waals surface area contributed by atoms with Crippen molar-refractivity contribution >= 4 is 5.91 Å². The minimum absolute atomic E-state index is 0.260. The third kappa shape index (κ3) is 2.39. The molecule has 3 fully saturated rings. The van der Waals surface area contributed by atoms with E-state index in [1.165, 1.54) is 38.5 Å². The molecule has 1 amide bonds. The van der Waals surface area contributed by atoms with Crippen LogP contribution in [0.1, 0.15) is 54.4 Å². The maximum Gasteiger partial charge on any atom is 0.248 e. The molecule has 2 saturated carbocycles. The zero-order valence-electron chi connectivity index (χ0n) is 14.5. The average molecular weight is 328 g/mol. The number of hydrogen-bond donors (Lipinski definition) is 1. The molecule has 1 aromatic rings. The van der Waals surface area contributed by atoms with Crippen LogP contribution in [0, 0.1) is 11.8 Å². The van der Waals surface area contributed by atoms with Gasteiger partial charge < -0.3 is 10.5 Å². The normalized spacial score (nSPS) is 33.9. The van der Waals surface area contributed by atoms with E-state index in [9.17, 15) is 4.79 Å². The standard InChI is InChI=1S/C20H28N2O2/c1-24-20(15-6-2-5-14(11-15)19(21)23)16-7-3-8-17(20)13-22(12-16)18-9-4-10-18/h2,5-6,11,16-18H,3-4,7-10,12-13H2,1H3,(H2,21,23)/t16-,17+,20?. The number of rotatable bonds is 4. The van der Waals surface area contributed by atoms with Crippen LogP contribution < -0.4 is 5.73 Å². The number of fused-ring (bicyclic) bond motifs is 2. The first-order chi connectivity index (χ1) is 11.6. The fourth-order valence-corrected chi connectivity index (χ4v) is 5.36. The van der Waals surface area contributed by atoms with Gasteiger partial charge in [0.1, 0.15) is 5.60 Å². The van der Waals surface area contributed by atoms with Gasteiger partial charge >= 0.3 is 0 Å². The molecule has 130 valence electrons. The smallest absolute Gasteiger partial charge is 0.248 e. The highest BCUT2D eigenvalue weighted by Gasteiger charge is 2.54. The Morgan fingerprint density at radius 2 is 1.83 bits per heavy atom. The number of nitrogens with two attached hydrogens (primary N) is 1. The third-order valence-corrected chi connectivity index (χ3v) is 6.76. The molecule has 2 aliphatic carbocycles. The Morgan fingerprint density at radius 1 is 1.17 bits per heavy atom. The number of methoxy groups -OCH3 is 1. The van der Waals surface area contributed by atoms with E-state index in [1.54, 1.807) is 6.07 Å². The van der Waals surface area contributed by atoms with Crippen molar-refractivity contribution in [2.75, 3.05) is 20.2 Å². The van der Waals surface area contributed by atoms with Gasteiger partial charge in [0, 0.05) is 43.6 Å². The molecular weight excluding hydrogens is 300 g/mol. The summed E-state index contributed by atoms with van der Waals surface area (Å²) in [6.07, 6.45) is 7.79. The van der Waals surface area contributed by atoms with Crippen molar-refractivity contribution in [3.63, 3.8) is 0 Å². The van der Waals surface area contributed by atoms with E-state index in [1.807, 2.05) is 19.2 Å². The summed E-state index contributed by atoms with van der Waals surface area (Å²) < 4.78 is 6.27. The van der Waals surface area contributed by atoms with E-state index in [0.29, 0.717) is 17.4 Å². The predicted octanol–water partition coefficient (Wildman–Crippen LogP) is 2.91. The van der Waals surface area contributed by atoms with E-state index in [4.69, 9.17) is 10.5 Å². The second kappa shape index (κ2) is 6.16. The Kier molecular flexibility index (Phi) is 4.13. The lowest BCUT2D eigenvalue weighted by atomic mass is 9.61. The summed E-state index contributed by atoms with van der Waals surface area (Å²) in [6.45, 7) is 2.24. The van der Waals surface area contributed by atoms with Crippen molar-refractivity contribution in [1.29, 1.82) is 0 Å². The number of ether oxygens (including phenoxy) is 1. The van der Waals surface area contributed by atoms with Gasteiger partial charge in [-0.1, -0.05) is 25.0 Å². The van der Waals surface area contributed by atoms with E-state index in [2.05, 4.69) is 11.0 Å². The molecule has 3 atom stereocenters. The lowest BCUT2D eigenvalue weighted by molar-refractivity contribution is -0.177. The number of piperidine rings is 1. The second-order valence-electron chi connectivity index (χ2n) is 7.81. The number of amides is 1. The van der Waals surface area contributed by atoms with Crippen LogP contribution in [0.25, 0.3) is 0 Å². The summed E-state index contributed by atoms with van der Waals surface area (Å²) in [4.78, 5) is 14.4. The largest absolute Gasteiger partial charge is 0.373 e. The van der Waals surface area contributed by atoms with Crippen molar-refractivity contribution in [3.8, 4) is 0 Å². The van der Waals surface area contributed by atoms with E-state index >= 15 is 0 Å². The van der Waals surface area contributed by atoms with Crippen molar-refractivity contribution in [1.82, 2.24) is 4.90 Å². The van der Waals surface area contributed by atoms with Crippen LogP contribution in [0.2, 0.25) is 0 Å². The molecule has 0 aromatic heterocycles. The van der Waals surface area contributed by atoms with Gasteiger partial charge in [0.2, 0.25) is 5.91 Å². The molecule has 2 bridgehead atoms. The molecule has 4 nitrogen and oxygen atoms in total. The Morgan fingerprint density at radius 3 is 2.38 bits per heavy atom. The average Bonchev–Trinajstić information content (AvgIpc) is 2.52. The van der Waals surface area contributed by atoms with Crippen LogP contribution >= 0.6 is 0 Å². The van der Waals surface area contributed by atoms with Crippen LogP contribution in [0.5, 0.6) is 0 Å². The molecule has 1 saturated heterocycles. The van der Waals surface area contributed by atoms with Crippen molar-refractivity contribution in [2.45, 2.75) is 50.2 Å². The summed E-state index contributed by atoms with van der Waals surface area (Å²) in [7, 11) is 1.85. The topological polar surface area (TPSA) is 55.6 Å². The number of hydrogen-bond acceptors (Lipinski definition) is 3. The third-order valence-electron chi connectivity index (χ3n) is 6.76. The van der Waals surface area contributed by atoms with Gasteiger partial charge in [0.25, 0.3) is 0 Å². The molecule has 4 heteroatoms. The molecule has 1 heterocycles. The maximum absolute atomic E-state index is 11.6. The van der Waals surface area contributed by atoms with Gasteiger partial charge in [-0.15, -0.1) is 0 Å². The monoisotopic (exact) mass is 328 g/mol. The number of likely N-dealkylation sites (tertiary alicyclic amines) is 1. The molecule has 3 aliphatic rings. The lowest BCUT2D eigenvalue weighted by Crippen LogP contribution is -2.61. The summed E-state index contributed by atoms with van der Waals surface area (Å²) >= 11 is 0. The first-order valence-corrected chi connectivity index (χ1v) is 9.34. The number of nitrogens with zero attached hydrogens (tertiary/aromatic N) is 1. The van der Waals surface area contributed by atoms with Crippen molar-refractivity contribution in [3.05, 3.63) is 35.4 Å². The number of benzene rings is 1. The molecule has 0 radical (unpaired) electrons. The molecule has 1 aromatic carbocycles. The summed E-state index contributed by atoms with van der Waals surface area (Å²) in [6, 6.07) is 8.63. The second-order valence-corrected chi connectivity index (χ2v) is 7.81. The zero-order valence-corrected chi connectivity index (χ0v) is 14.5. The van der Waals surface area contributed by atoms with Crippen LogP contribution in [0.15, 0.2) is 24.3 Å². The molecule has 1 unspecified atom stereocenters. The summed E-state index contributed by atoms with van der Waals surface area (Å²) in [5, 5.41) is 0. The van der Waals surface area contributed by atoms with Gasteiger partial charge in [0.05, 0.1) is 0 Å². The van der Waals surface area contributed by atoms with Gasteiger partial charge in [-0.05, 0) is 43.4 Å². The highest BCUT2D eigenvalue weighted by atomic mass is 16.5. The molecule has 0 spiro atoms. The van der Waals surface area contributed by atoms with Gasteiger partial charge in [0.15, 0.2) is 0 Å². The van der Waals surface area contributed by atoms with Crippen LogP contribution in [-0.2, 0) is 10.3 Å². The summed E-state index contributed by atoms with van der Waals surface area (Å²) in [5.74, 6) is 0.637. The fraction of sp³-hybridized carbons (Fsp3) is 0.650. The molecular formula is C20H28N2O2. The predicted molar refractivity (Wildman–Crippen MR) is 93.7 cm³/mol.